The first-order valence-electron chi connectivity index (χ1n) is 7.88. The zero-order chi connectivity index (χ0) is 13.1. The molecule has 1 saturated heterocycles. The molecule has 0 spiro atoms. The fraction of sp³-hybridized carbons (Fsp3) is 0.647. The number of piperidine rings is 1. The molecule has 1 aromatic rings. The quantitative estimate of drug-likeness (QED) is 0.872. The highest BCUT2D eigenvalue weighted by Crippen LogP contribution is 2.29. The van der Waals surface area contributed by atoms with E-state index in [4.69, 9.17) is 0 Å². The van der Waals surface area contributed by atoms with E-state index in [9.17, 15) is 0 Å². The second-order valence-corrected chi connectivity index (χ2v) is 6.30. The molecule has 19 heavy (non-hydrogen) atoms. The van der Waals surface area contributed by atoms with Crippen molar-refractivity contribution < 1.29 is 0 Å². The summed E-state index contributed by atoms with van der Waals surface area (Å²) in [6.07, 6.45) is 5.54. The summed E-state index contributed by atoms with van der Waals surface area (Å²) in [6.45, 7) is 5.97. The molecule has 2 unspecified atom stereocenters. The van der Waals surface area contributed by atoms with Crippen molar-refractivity contribution >= 4 is 5.69 Å². The van der Waals surface area contributed by atoms with Gasteiger partial charge in [-0.15, -0.1) is 0 Å². The van der Waals surface area contributed by atoms with Crippen LogP contribution in [0, 0.1) is 11.8 Å². The van der Waals surface area contributed by atoms with Crippen molar-refractivity contribution in [1.29, 1.82) is 0 Å². The third kappa shape index (κ3) is 3.50. The first-order chi connectivity index (χ1) is 9.35. The number of nitrogens with zero attached hydrogens (tertiary/aromatic N) is 1. The molecule has 1 saturated carbocycles. The van der Waals surface area contributed by atoms with Crippen molar-refractivity contribution in [3.8, 4) is 0 Å². The van der Waals surface area contributed by atoms with Crippen LogP contribution in [0.5, 0.6) is 0 Å². The van der Waals surface area contributed by atoms with Crippen LogP contribution in [0.2, 0.25) is 0 Å². The smallest absolute Gasteiger partial charge is 0.0366 e. The highest BCUT2D eigenvalue weighted by molar-refractivity contribution is 5.46. The van der Waals surface area contributed by atoms with Crippen molar-refractivity contribution in [1.82, 2.24) is 5.32 Å². The van der Waals surface area contributed by atoms with E-state index in [0.29, 0.717) is 6.04 Å². The van der Waals surface area contributed by atoms with Crippen molar-refractivity contribution in [2.45, 2.75) is 38.6 Å². The molecule has 1 aliphatic carbocycles. The van der Waals surface area contributed by atoms with Gasteiger partial charge in [-0.1, -0.05) is 31.5 Å². The predicted octanol–water partition coefficient (Wildman–Crippen LogP) is 3.29. The Labute approximate surface area is 117 Å². The summed E-state index contributed by atoms with van der Waals surface area (Å²) in [4.78, 5) is 2.57. The van der Waals surface area contributed by atoms with Crippen LogP contribution >= 0.6 is 0 Å². The molecule has 2 aliphatic rings. The number of hydrogen-bond acceptors (Lipinski definition) is 2. The molecule has 1 N–H and O–H groups in total. The summed E-state index contributed by atoms with van der Waals surface area (Å²) in [5.74, 6) is 1.82. The van der Waals surface area contributed by atoms with E-state index < -0.39 is 0 Å². The van der Waals surface area contributed by atoms with E-state index >= 15 is 0 Å². The van der Waals surface area contributed by atoms with Crippen molar-refractivity contribution in [2.75, 3.05) is 24.5 Å². The Bertz CT molecular complexity index is 386. The Morgan fingerprint density at radius 2 is 1.89 bits per heavy atom. The fourth-order valence-corrected chi connectivity index (χ4v) is 3.15. The van der Waals surface area contributed by atoms with Gasteiger partial charge < -0.3 is 10.2 Å². The largest absolute Gasteiger partial charge is 0.370 e. The minimum Gasteiger partial charge on any atom is -0.370 e. The molecule has 0 radical (unpaired) electrons. The molecule has 2 nitrogen and oxygen atoms in total. The number of para-hydroxylation sites is 1. The monoisotopic (exact) mass is 258 g/mol. The van der Waals surface area contributed by atoms with Crippen LogP contribution in [0.3, 0.4) is 0 Å². The van der Waals surface area contributed by atoms with Crippen LogP contribution in [-0.2, 0) is 0 Å². The van der Waals surface area contributed by atoms with E-state index in [1.54, 1.807) is 0 Å². The highest BCUT2D eigenvalue weighted by Gasteiger charge is 2.28. The van der Waals surface area contributed by atoms with E-state index in [-0.39, 0.29) is 0 Å². The van der Waals surface area contributed by atoms with Gasteiger partial charge >= 0.3 is 0 Å². The first-order valence-corrected chi connectivity index (χ1v) is 7.88. The second-order valence-electron chi connectivity index (χ2n) is 6.30. The third-order valence-corrected chi connectivity index (χ3v) is 4.63. The minimum absolute atomic E-state index is 0.680. The summed E-state index contributed by atoms with van der Waals surface area (Å²) in [5, 5.41) is 3.81. The molecule has 2 atom stereocenters. The van der Waals surface area contributed by atoms with E-state index in [1.165, 1.54) is 51.0 Å². The average Bonchev–Trinajstić information content (AvgIpc) is 3.30. The second kappa shape index (κ2) is 5.96. The van der Waals surface area contributed by atoms with Gasteiger partial charge in [0.2, 0.25) is 0 Å². The molecule has 0 aromatic heterocycles. The third-order valence-electron chi connectivity index (χ3n) is 4.63. The van der Waals surface area contributed by atoms with Crippen LogP contribution in [0.25, 0.3) is 0 Å². The molecular weight excluding hydrogens is 232 g/mol. The number of nitrogens with one attached hydrogen (secondary N) is 1. The number of benzene rings is 1. The molecule has 1 aliphatic heterocycles. The van der Waals surface area contributed by atoms with Gasteiger partial charge in [0.05, 0.1) is 0 Å². The minimum atomic E-state index is 0.680. The highest BCUT2D eigenvalue weighted by atomic mass is 15.2. The molecule has 1 aromatic carbocycles. The van der Waals surface area contributed by atoms with Gasteiger partial charge in [-0.25, -0.2) is 0 Å². The van der Waals surface area contributed by atoms with Gasteiger partial charge in [0.25, 0.3) is 0 Å². The lowest BCUT2D eigenvalue weighted by atomic mass is 9.91. The molecule has 3 rings (SSSR count). The van der Waals surface area contributed by atoms with Crippen LogP contribution in [0.1, 0.15) is 32.6 Å². The summed E-state index contributed by atoms with van der Waals surface area (Å²) in [5.41, 5.74) is 1.39. The number of hydrogen-bond donors (Lipinski definition) is 1. The Morgan fingerprint density at radius 1 is 1.11 bits per heavy atom. The molecular formula is C17H26N2. The molecule has 1 heterocycles. The maximum absolute atomic E-state index is 3.81. The Hall–Kier alpha value is -1.02. The zero-order valence-corrected chi connectivity index (χ0v) is 12.0. The maximum atomic E-state index is 3.81. The van der Waals surface area contributed by atoms with Crippen molar-refractivity contribution in [3.63, 3.8) is 0 Å². The van der Waals surface area contributed by atoms with Crippen LogP contribution in [0.4, 0.5) is 5.69 Å². The SMILES string of the molecule is CCC1CC(NCC2CC2)CN(c2ccccc2)C1. The van der Waals surface area contributed by atoms with E-state index in [1.807, 2.05) is 0 Å². The van der Waals surface area contributed by atoms with Crippen molar-refractivity contribution in [2.24, 2.45) is 11.8 Å². The van der Waals surface area contributed by atoms with Crippen molar-refractivity contribution in [3.05, 3.63) is 30.3 Å². The van der Waals surface area contributed by atoms with Crippen LogP contribution < -0.4 is 10.2 Å². The van der Waals surface area contributed by atoms with Gasteiger partial charge in [0.1, 0.15) is 0 Å². The lowest BCUT2D eigenvalue weighted by Crippen LogP contribution is -2.49. The zero-order valence-electron chi connectivity index (χ0n) is 12.0. The Morgan fingerprint density at radius 3 is 2.58 bits per heavy atom. The molecule has 2 heteroatoms. The van der Waals surface area contributed by atoms with Crippen LogP contribution in [-0.4, -0.2) is 25.7 Å². The lowest BCUT2D eigenvalue weighted by molar-refractivity contribution is 0.324. The van der Waals surface area contributed by atoms with Gasteiger partial charge in [-0.3, -0.25) is 0 Å². The molecule has 2 fully saturated rings. The number of rotatable bonds is 5. The topological polar surface area (TPSA) is 15.3 Å². The van der Waals surface area contributed by atoms with Gasteiger partial charge in [-0.05, 0) is 49.8 Å². The predicted molar refractivity (Wildman–Crippen MR) is 81.6 cm³/mol. The van der Waals surface area contributed by atoms with Gasteiger partial charge in [0, 0.05) is 24.8 Å². The average molecular weight is 258 g/mol. The van der Waals surface area contributed by atoms with Crippen LogP contribution in [0.15, 0.2) is 30.3 Å². The van der Waals surface area contributed by atoms with Gasteiger partial charge in [-0.2, -0.15) is 0 Å². The van der Waals surface area contributed by atoms with Gasteiger partial charge in [0.15, 0.2) is 0 Å². The maximum Gasteiger partial charge on any atom is 0.0366 e. The summed E-state index contributed by atoms with van der Waals surface area (Å²) >= 11 is 0. The normalized spacial score (nSPS) is 27.5. The molecule has 0 amide bonds. The standard InChI is InChI=1S/C17H26N2/c1-2-14-10-16(18-11-15-8-9-15)13-19(12-14)17-6-4-3-5-7-17/h3-7,14-16,18H,2,8-13H2,1H3. The summed E-state index contributed by atoms with van der Waals surface area (Å²) < 4.78 is 0. The summed E-state index contributed by atoms with van der Waals surface area (Å²) in [7, 11) is 0. The Balaban J connectivity index is 1.62. The number of anilines is 1. The van der Waals surface area contributed by atoms with E-state index in [2.05, 4.69) is 47.5 Å². The fourth-order valence-electron chi connectivity index (χ4n) is 3.15. The summed E-state index contributed by atoms with van der Waals surface area (Å²) in [6, 6.07) is 11.6. The first kappa shape index (κ1) is 13.0. The molecule has 0 bridgehead atoms. The lowest BCUT2D eigenvalue weighted by Gasteiger charge is -2.39. The Kier molecular flexibility index (Phi) is 4.07. The molecule has 104 valence electrons. The van der Waals surface area contributed by atoms with E-state index in [0.717, 1.165) is 11.8 Å².